The van der Waals surface area contributed by atoms with Gasteiger partial charge < -0.3 is 4.90 Å². The molecule has 0 aliphatic heterocycles. The van der Waals surface area contributed by atoms with Gasteiger partial charge in [-0.1, -0.05) is 0 Å². The van der Waals surface area contributed by atoms with E-state index in [1.165, 1.54) is 5.69 Å². The van der Waals surface area contributed by atoms with Crippen molar-refractivity contribution in [3.8, 4) is 5.69 Å². The normalized spacial score (nSPS) is 10.6. The summed E-state index contributed by atoms with van der Waals surface area (Å²) in [6.07, 6.45) is 0.873. The smallest absolute Gasteiger partial charge is 0.153 e. The zero-order chi connectivity index (χ0) is 14.7. The summed E-state index contributed by atoms with van der Waals surface area (Å²) in [4.78, 5) is 13.3. The van der Waals surface area contributed by atoms with Gasteiger partial charge >= 0.3 is 0 Å². The van der Waals surface area contributed by atoms with Crippen molar-refractivity contribution >= 4 is 12.0 Å². The van der Waals surface area contributed by atoms with E-state index in [0.29, 0.717) is 5.56 Å². The number of carbonyl (C=O) groups is 1. The average Bonchev–Trinajstić information content (AvgIpc) is 2.75. The van der Waals surface area contributed by atoms with E-state index in [9.17, 15) is 4.79 Å². The summed E-state index contributed by atoms with van der Waals surface area (Å²) in [7, 11) is 0. The number of aryl methyl sites for hydroxylation is 1. The number of aldehydes is 1. The highest BCUT2D eigenvalue weighted by Crippen LogP contribution is 2.20. The van der Waals surface area contributed by atoms with Crippen molar-refractivity contribution in [3.05, 3.63) is 41.2 Å². The van der Waals surface area contributed by atoms with Crippen molar-refractivity contribution in [3.63, 3.8) is 0 Å². The molecule has 4 nitrogen and oxygen atoms in total. The van der Waals surface area contributed by atoms with E-state index in [-0.39, 0.29) is 0 Å². The fourth-order valence-corrected chi connectivity index (χ4v) is 2.47. The largest absolute Gasteiger partial charge is 0.372 e. The molecule has 4 heteroatoms. The summed E-state index contributed by atoms with van der Waals surface area (Å²) in [6.45, 7) is 10.1. The molecule has 0 atom stereocenters. The standard InChI is InChI=1S/C16H21N3O/c1-5-18(6-2)14-7-9-15(10-8-14)19-13(4)16(11-20)12(3)17-19/h7-11H,5-6H2,1-4H3. The lowest BCUT2D eigenvalue weighted by molar-refractivity contribution is 0.112. The molecule has 0 amide bonds. The highest BCUT2D eigenvalue weighted by molar-refractivity contribution is 5.78. The van der Waals surface area contributed by atoms with Crippen LogP contribution in [-0.4, -0.2) is 29.2 Å². The van der Waals surface area contributed by atoms with Gasteiger partial charge in [0.25, 0.3) is 0 Å². The van der Waals surface area contributed by atoms with Gasteiger partial charge in [0.05, 0.1) is 22.6 Å². The summed E-state index contributed by atoms with van der Waals surface area (Å²) < 4.78 is 1.82. The third kappa shape index (κ3) is 2.46. The van der Waals surface area contributed by atoms with Crippen LogP contribution in [0.4, 0.5) is 5.69 Å². The number of benzene rings is 1. The van der Waals surface area contributed by atoms with Crippen molar-refractivity contribution in [2.75, 3.05) is 18.0 Å². The Hall–Kier alpha value is -2.10. The molecule has 0 spiro atoms. The van der Waals surface area contributed by atoms with Gasteiger partial charge in [-0.25, -0.2) is 4.68 Å². The van der Waals surface area contributed by atoms with Gasteiger partial charge in [-0.3, -0.25) is 4.79 Å². The van der Waals surface area contributed by atoms with Crippen molar-refractivity contribution in [1.29, 1.82) is 0 Å². The Morgan fingerprint density at radius 1 is 1.15 bits per heavy atom. The lowest BCUT2D eigenvalue weighted by Gasteiger charge is -2.21. The Labute approximate surface area is 120 Å². The number of rotatable bonds is 5. The monoisotopic (exact) mass is 271 g/mol. The third-order valence-corrected chi connectivity index (χ3v) is 3.69. The van der Waals surface area contributed by atoms with Crippen LogP contribution in [-0.2, 0) is 0 Å². The molecular weight excluding hydrogens is 250 g/mol. The van der Waals surface area contributed by atoms with Crippen molar-refractivity contribution in [2.45, 2.75) is 27.7 Å². The molecule has 106 valence electrons. The van der Waals surface area contributed by atoms with Gasteiger partial charge in [0.2, 0.25) is 0 Å². The predicted octanol–water partition coefficient (Wildman–Crippen LogP) is 3.15. The van der Waals surface area contributed by atoms with Crippen LogP contribution in [0.1, 0.15) is 35.6 Å². The second kappa shape index (κ2) is 5.90. The molecule has 0 fully saturated rings. The number of anilines is 1. The number of hydrogen-bond acceptors (Lipinski definition) is 3. The van der Waals surface area contributed by atoms with E-state index in [1.54, 1.807) is 0 Å². The summed E-state index contributed by atoms with van der Waals surface area (Å²) in [5, 5.41) is 4.44. The van der Waals surface area contributed by atoms with Crippen LogP contribution in [0.15, 0.2) is 24.3 Å². The fraction of sp³-hybridized carbons (Fsp3) is 0.375. The molecule has 2 aromatic rings. The highest BCUT2D eigenvalue weighted by Gasteiger charge is 2.12. The minimum atomic E-state index is 0.679. The second-order valence-corrected chi connectivity index (χ2v) is 4.80. The molecule has 1 aromatic carbocycles. The third-order valence-electron chi connectivity index (χ3n) is 3.69. The van der Waals surface area contributed by atoms with Crippen molar-refractivity contribution < 1.29 is 4.79 Å². The zero-order valence-electron chi connectivity index (χ0n) is 12.6. The molecule has 1 aromatic heterocycles. The lowest BCUT2D eigenvalue weighted by atomic mass is 10.2. The van der Waals surface area contributed by atoms with Crippen molar-refractivity contribution in [1.82, 2.24) is 9.78 Å². The molecule has 0 bridgehead atoms. The maximum Gasteiger partial charge on any atom is 0.153 e. The summed E-state index contributed by atoms with van der Waals surface area (Å²) in [5.74, 6) is 0. The van der Waals surface area contributed by atoms with Crippen LogP contribution >= 0.6 is 0 Å². The van der Waals surface area contributed by atoms with E-state index in [4.69, 9.17) is 0 Å². The van der Waals surface area contributed by atoms with Crippen LogP contribution in [0.3, 0.4) is 0 Å². The second-order valence-electron chi connectivity index (χ2n) is 4.80. The van der Waals surface area contributed by atoms with Gasteiger partial charge in [0, 0.05) is 18.8 Å². The van der Waals surface area contributed by atoms with Crippen molar-refractivity contribution in [2.24, 2.45) is 0 Å². The Kier molecular flexibility index (Phi) is 4.23. The highest BCUT2D eigenvalue weighted by atomic mass is 16.1. The summed E-state index contributed by atoms with van der Waals surface area (Å²) in [5.41, 5.74) is 4.52. The maximum absolute atomic E-state index is 11.1. The molecule has 0 unspecified atom stereocenters. The van der Waals surface area contributed by atoms with E-state index < -0.39 is 0 Å². The van der Waals surface area contributed by atoms with E-state index in [0.717, 1.165) is 36.5 Å². The van der Waals surface area contributed by atoms with Gasteiger partial charge in [-0.05, 0) is 52.0 Å². The zero-order valence-corrected chi connectivity index (χ0v) is 12.6. The average molecular weight is 271 g/mol. The lowest BCUT2D eigenvalue weighted by Crippen LogP contribution is -2.21. The molecular formula is C16H21N3O. The van der Waals surface area contributed by atoms with E-state index >= 15 is 0 Å². The first-order valence-electron chi connectivity index (χ1n) is 6.99. The quantitative estimate of drug-likeness (QED) is 0.784. The topological polar surface area (TPSA) is 38.1 Å². The SMILES string of the molecule is CCN(CC)c1ccc(-n2nc(C)c(C=O)c2C)cc1. The Morgan fingerprint density at radius 3 is 2.20 bits per heavy atom. The van der Waals surface area contributed by atoms with Crippen LogP contribution in [0.2, 0.25) is 0 Å². The van der Waals surface area contributed by atoms with E-state index in [2.05, 4.69) is 36.0 Å². The molecule has 20 heavy (non-hydrogen) atoms. The predicted molar refractivity (Wildman–Crippen MR) is 82.0 cm³/mol. The summed E-state index contributed by atoms with van der Waals surface area (Å²) >= 11 is 0. The first kappa shape index (κ1) is 14.3. The number of carbonyl (C=O) groups excluding carboxylic acids is 1. The van der Waals surface area contributed by atoms with Gasteiger partial charge in [0.1, 0.15) is 0 Å². The maximum atomic E-state index is 11.1. The van der Waals surface area contributed by atoms with Crippen LogP contribution < -0.4 is 4.90 Å². The first-order chi connectivity index (χ1) is 9.62. The minimum Gasteiger partial charge on any atom is -0.372 e. The Morgan fingerprint density at radius 2 is 1.75 bits per heavy atom. The van der Waals surface area contributed by atoms with Crippen LogP contribution in [0.25, 0.3) is 5.69 Å². The number of aromatic nitrogens is 2. The Balaban J connectivity index is 2.37. The number of hydrogen-bond donors (Lipinski definition) is 0. The van der Waals surface area contributed by atoms with Gasteiger partial charge in [-0.15, -0.1) is 0 Å². The van der Waals surface area contributed by atoms with Crippen LogP contribution in [0, 0.1) is 13.8 Å². The molecule has 0 saturated carbocycles. The minimum absolute atomic E-state index is 0.679. The number of nitrogens with zero attached hydrogens (tertiary/aromatic N) is 3. The molecule has 0 aliphatic rings. The molecule has 1 heterocycles. The molecule has 0 radical (unpaired) electrons. The van der Waals surface area contributed by atoms with Gasteiger partial charge in [-0.2, -0.15) is 5.10 Å². The first-order valence-corrected chi connectivity index (χ1v) is 6.99. The molecule has 0 N–H and O–H groups in total. The van der Waals surface area contributed by atoms with Gasteiger partial charge in [0.15, 0.2) is 6.29 Å². The Bertz CT molecular complexity index is 595. The molecule has 0 saturated heterocycles. The fourth-order valence-electron chi connectivity index (χ4n) is 2.47. The summed E-state index contributed by atoms with van der Waals surface area (Å²) in [6, 6.07) is 8.28. The van der Waals surface area contributed by atoms with Crippen LogP contribution in [0.5, 0.6) is 0 Å². The van der Waals surface area contributed by atoms with E-state index in [1.807, 2.05) is 30.7 Å². The molecule has 0 aliphatic carbocycles. The molecule has 2 rings (SSSR count).